The standard InChI is InChI=1S/C12H16N4O2/c1-16(9-4-5-13-7-9)8-11-14-12(15-18-11)10-3-2-6-17-10/h2-3,6,9,13H,4-5,7-8H2,1H3. The highest BCUT2D eigenvalue weighted by molar-refractivity contribution is 5.44. The minimum Gasteiger partial charge on any atom is -0.461 e. The molecule has 0 aliphatic carbocycles. The maximum atomic E-state index is 5.24. The summed E-state index contributed by atoms with van der Waals surface area (Å²) in [4.78, 5) is 6.57. The van der Waals surface area contributed by atoms with Crippen LogP contribution in [-0.4, -0.2) is 41.2 Å². The van der Waals surface area contributed by atoms with Gasteiger partial charge in [0.15, 0.2) is 5.76 Å². The van der Waals surface area contributed by atoms with Crippen molar-refractivity contribution in [3.05, 3.63) is 24.3 Å². The fourth-order valence-electron chi connectivity index (χ4n) is 2.18. The zero-order valence-electron chi connectivity index (χ0n) is 10.3. The van der Waals surface area contributed by atoms with Crippen molar-refractivity contribution in [2.45, 2.75) is 19.0 Å². The largest absolute Gasteiger partial charge is 0.461 e. The maximum absolute atomic E-state index is 5.24. The van der Waals surface area contributed by atoms with E-state index in [4.69, 9.17) is 8.94 Å². The van der Waals surface area contributed by atoms with Gasteiger partial charge < -0.3 is 14.3 Å². The van der Waals surface area contributed by atoms with E-state index in [-0.39, 0.29) is 0 Å². The van der Waals surface area contributed by atoms with Crippen LogP contribution in [0.1, 0.15) is 12.3 Å². The van der Waals surface area contributed by atoms with E-state index >= 15 is 0 Å². The van der Waals surface area contributed by atoms with Crippen molar-refractivity contribution in [2.24, 2.45) is 0 Å². The number of likely N-dealkylation sites (N-methyl/N-ethyl adjacent to an activating group) is 1. The van der Waals surface area contributed by atoms with Crippen LogP contribution in [0.4, 0.5) is 0 Å². The quantitative estimate of drug-likeness (QED) is 0.874. The van der Waals surface area contributed by atoms with Crippen molar-refractivity contribution in [3.63, 3.8) is 0 Å². The molecule has 1 aliphatic heterocycles. The van der Waals surface area contributed by atoms with Gasteiger partial charge in [-0.1, -0.05) is 5.16 Å². The predicted molar refractivity (Wildman–Crippen MR) is 64.7 cm³/mol. The Kier molecular flexibility index (Phi) is 3.12. The molecule has 6 heteroatoms. The third-order valence-corrected chi connectivity index (χ3v) is 3.25. The lowest BCUT2D eigenvalue weighted by Crippen LogP contribution is -2.32. The Bertz CT molecular complexity index is 488. The maximum Gasteiger partial charge on any atom is 0.241 e. The number of hydrogen-bond acceptors (Lipinski definition) is 6. The first-order chi connectivity index (χ1) is 8.83. The first-order valence-corrected chi connectivity index (χ1v) is 6.10. The molecule has 1 N–H and O–H groups in total. The Labute approximate surface area is 105 Å². The lowest BCUT2D eigenvalue weighted by molar-refractivity contribution is 0.214. The van der Waals surface area contributed by atoms with Crippen LogP contribution in [0.2, 0.25) is 0 Å². The van der Waals surface area contributed by atoms with Gasteiger partial charge in [0.1, 0.15) is 0 Å². The number of aromatic nitrogens is 2. The average molecular weight is 248 g/mol. The summed E-state index contributed by atoms with van der Waals surface area (Å²) in [6.45, 7) is 2.77. The predicted octanol–water partition coefficient (Wildman–Crippen LogP) is 1.12. The first kappa shape index (κ1) is 11.4. The van der Waals surface area contributed by atoms with Crippen molar-refractivity contribution in [1.82, 2.24) is 20.4 Å². The van der Waals surface area contributed by atoms with Crippen LogP contribution >= 0.6 is 0 Å². The van der Waals surface area contributed by atoms with E-state index in [1.54, 1.807) is 6.26 Å². The number of nitrogens with zero attached hydrogens (tertiary/aromatic N) is 3. The lowest BCUT2D eigenvalue weighted by atomic mass is 10.2. The van der Waals surface area contributed by atoms with E-state index in [9.17, 15) is 0 Å². The Morgan fingerprint density at radius 2 is 2.50 bits per heavy atom. The van der Waals surface area contributed by atoms with Gasteiger partial charge in [0, 0.05) is 12.6 Å². The fraction of sp³-hybridized carbons (Fsp3) is 0.500. The van der Waals surface area contributed by atoms with Crippen LogP contribution in [0.3, 0.4) is 0 Å². The normalized spacial score (nSPS) is 19.8. The zero-order chi connectivity index (χ0) is 12.4. The summed E-state index contributed by atoms with van der Waals surface area (Å²) in [6, 6.07) is 4.17. The molecule has 2 aromatic heterocycles. The number of hydrogen-bond donors (Lipinski definition) is 1. The van der Waals surface area contributed by atoms with Crippen molar-refractivity contribution >= 4 is 0 Å². The van der Waals surface area contributed by atoms with Crippen molar-refractivity contribution in [1.29, 1.82) is 0 Å². The van der Waals surface area contributed by atoms with Gasteiger partial charge in [-0.15, -0.1) is 0 Å². The van der Waals surface area contributed by atoms with Gasteiger partial charge in [0.25, 0.3) is 0 Å². The minimum atomic E-state index is 0.507. The summed E-state index contributed by atoms with van der Waals surface area (Å²) in [6.07, 6.45) is 2.76. The smallest absolute Gasteiger partial charge is 0.241 e. The van der Waals surface area contributed by atoms with Crippen LogP contribution in [0.5, 0.6) is 0 Å². The number of nitrogens with one attached hydrogen (secondary N) is 1. The summed E-state index contributed by atoms with van der Waals surface area (Å²) in [5.74, 6) is 1.76. The lowest BCUT2D eigenvalue weighted by Gasteiger charge is -2.20. The molecule has 1 aliphatic rings. The van der Waals surface area contributed by atoms with Crippen LogP contribution in [0.25, 0.3) is 11.6 Å². The summed E-state index contributed by atoms with van der Waals surface area (Å²) in [7, 11) is 2.08. The van der Waals surface area contributed by atoms with E-state index < -0.39 is 0 Å². The van der Waals surface area contributed by atoms with Crippen molar-refractivity contribution in [3.8, 4) is 11.6 Å². The molecule has 1 atom stereocenters. The molecule has 1 unspecified atom stereocenters. The van der Waals surface area contributed by atoms with Crippen LogP contribution < -0.4 is 5.32 Å². The Balaban J connectivity index is 1.66. The molecule has 0 saturated carbocycles. The summed E-state index contributed by atoms with van der Waals surface area (Å²) < 4.78 is 10.5. The van der Waals surface area contributed by atoms with E-state index in [1.165, 1.54) is 0 Å². The molecule has 96 valence electrons. The third-order valence-electron chi connectivity index (χ3n) is 3.25. The minimum absolute atomic E-state index is 0.507. The molecule has 18 heavy (non-hydrogen) atoms. The molecule has 0 aromatic carbocycles. The van der Waals surface area contributed by atoms with Crippen LogP contribution in [-0.2, 0) is 6.54 Å². The highest BCUT2D eigenvalue weighted by atomic mass is 16.5. The second kappa shape index (κ2) is 4.91. The molecule has 0 radical (unpaired) electrons. The molecule has 2 aromatic rings. The molecular formula is C12H16N4O2. The van der Waals surface area contributed by atoms with Crippen molar-refractivity contribution < 1.29 is 8.94 Å². The average Bonchev–Trinajstić information content (AvgIpc) is 3.12. The molecule has 0 bridgehead atoms. The molecule has 6 nitrogen and oxygen atoms in total. The van der Waals surface area contributed by atoms with Crippen molar-refractivity contribution in [2.75, 3.05) is 20.1 Å². The molecule has 1 saturated heterocycles. The molecule has 3 heterocycles. The first-order valence-electron chi connectivity index (χ1n) is 6.10. The van der Waals surface area contributed by atoms with E-state index in [2.05, 4.69) is 27.4 Å². The zero-order valence-corrected chi connectivity index (χ0v) is 10.3. The fourth-order valence-corrected chi connectivity index (χ4v) is 2.18. The van der Waals surface area contributed by atoms with Crippen LogP contribution in [0.15, 0.2) is 27.3 Å². The Morgan fingerprint density at radius 3 is 3.22 bits per heavy atom. The summed E-state index contributed by atoms with van der Waals surface area (Å²) in [5.41, 5.74) is 0. The van der Waals surface area contributed by atoms with Gasteiger partial charge >= 0.3 is 0 Å². The van der Waals surface area contributed by atoms with E-state index in [0.29, 0.717) is 30.1 Å². The highest BCUT2D eigenvalue weighted by Gasteiger charge is 2.21. The number of furan rings is 1. The van der Waals surface area contributed by atoms with Gasteiger partial charge in [-0.05, 0) is 32.1 Å². The molecule has 0 spiro atoms. The Hall–Kier alpha value is -1.66. The summed E-state index contributed by atoms with van der Waals surface area (Å²) in [5, 5.41) is 7.26. The van der Waals surface area contributed by atoms with Crippen LogP contribution in [0, 0.1) is 0 Å². The molecule has 3 rings (SSSR count). The van der Waals surface area contributed by atoms with E-state index in [1.807, 2.05) is 12.1 Å². The SMILES string of the molecule is CN(Cc1nc(-c2ccco2)no1)C1CCNC1. The highest BCUT2D eigenvalue weighted by Crippen LogP contribution is 2.17. The monoisotopic (exact) mass is 248 g/mol. The third kappa shape index (κ3) is 2.30. The molecule has 0 amide bonds. The van der Waals surface area contributed by atoms with E-state index in [0.717, 1.165) is 19.5 Å². The number of rotatable bonds is 4. The van der Waals surface area contributed by atoms with Gasteiger partial charge in [-0.2, -0.15) is 4.98 Å². The second-order valence-electron chi connectivity index (χ2n) is 4.55. The van der Waals surface area contributed by atoms with Gasteiger partial charge in [0.05, 0.1) is 12.8 Å². The second-order valence-corrected chi connectivity index (χ2v) is 4.55. The summed E-state index contributed by atoms with van der Waals surface area (Å²) >= 11 is 0. The molecule has 1 fully saturated rings. The van der Waals surface area contributed by atoms with Gasteiger partial charge in [0.2, 0.25) is 11.7 Å². The van der Waals surface area contributed by atoms with Gasteiger partial charge in [-0.3, -0.25) is 4.90 Å². The molecular weight excluding hydrogens is 232 g/mol. The Morgan fingerprint density at radius 1 is 1.56 bits per heavy atom. The van der Waals surface area contributed by atoms with Gasteiger partial charge in [-0.25, -0.2) is 0 Å². The topological polar surface area (TPSA) is 67.3 Å².